The summed E-state index contributed by atoms with van der Waals surface area (Å²) in [6.45, 7) is 7.02. The molecule has 1 aromatic carbocycles. The van der Waals surface area contributed by atoms with Crippen LogP contribution in [0.25, 0.3) is 10.9 Å². The van der Waals surface area contributed by atoms with E-state index in [0.29, 0.717) is 24.5 Å². The summed E-state index contributed by atoms with van der Waals surface area (Å²) in [5, 5.41) is 0.794. The average Bonchev–Trinajstić information content (AvgIpc) is 3.03. The first-order valence-electron chi connectivity index (χ1n) is 9.62. The molecule has 27 heavy (non-hydrogen) atoms. The molecule has 1 aliphatic heterocycles. The molecule has 0 unspecified atom stereocenters. The fraction of sp³-hybridized carbons (Fsp3) is 0.500. The van der Waals surface area contributed by atoms with Gasteiger partial charge in [0.1, 0.15) is 0 Å². The second-order valence-electron chi connectivity index (χ2n) is 8.59. The van der Waals surface area contributed by atoms with E-state index in [2.05, 4.69) is 20.8 Å². The van der Waals surface area contributed by atoms with E-state index in [0.717, 1.165) is 41.4 Å². The van der Waals surface area contributed by atoms with Crippen molar-refractivity contribution in [1.29, 1.82) is 0 Å². The Kier molecular flexibility index (Phi) is 4.41. The Morgan fingerprint density at radius 2 is 2.00 bits per heavy atom. The van der Waals surface area contributed by atoms with Crippen LogP contribution >= 0.6 is 0 Å². The van der Waals surface area contributed by atoms with Crippen LogP contribution in [0, 0.1) is 11.3 Å². The lowest BCUT2D eigenvalue weighted by atomic mass is 9.70. The number of fused-ring (bicyclic) bond motifs is 2. The van der Waals surface area contributed by atoms with E-state index < -0.39 is 18.0 Å². The number of nitrogens with zero attached hydrogens (tertiary/aromatic N) is 1. The summed E-state index contributed by atoms with van der Waals surface area (Å²) in [6, 6.07) is 7.66. The zero-order valence-electron chi connectivity index (χ0n) is 16.1. The number of hydrogen-bond acceptors (Lipinski definition) is 5. The minimum atomic E-state index is -0.804. The van der Waals surface area contributed by atoms with Crippen LogP contribution in [0.15, 0.2) is 24.3 Å². The normalized spacial score (nSPS) is 22.4. The molecule has 0 bridgehead atoms. The zero-order chi connectivity index (χ0) is 19.2. The van der Waals surface area contributed by atoms with Gasteiger partial charge in [0.2, 0.25) is 6.10 Å². The molecule has 4 rings (SSSR count). The van der Waals surface area contributed by atoms with Crippen molar-refractivity contribution in [3.63, 3.8) is 0 Å². The average molecular weight is 367 g/mol. The molecule has 2 aliphatic rings. The Morgan fingerprint density at radius 3 is 2.70 bits per heavy atom. The van der Waals surface area contributed by atoms with Crippen LogP contribution in [0.1, 0.15) is 55.2 Å². The van der Waals surface area contributed by atoms with E-state index in [1.165, 1.54) is 0 Å². The number of carbonyl (C=O) groups excluding carboxylic acids is 2. The highest BCUT2D eigenvalue weighted by Gasteiger charge is 2.35. The highest BCUT2D eigenvalue weighted by molar-refractivity contribution is 6.05. The maximum Gasteiger partial charge on any atom is 0.347 e. The first-order valence-corrected chi connectivity index (χ1v) is 9.62. The summed E-state index contributed by atoms with van der Waals surface area (Å²) in [5.41, 5.74) is 3.49. The van der Waals surface area contributed by atoms with Crippen molar-refractivity contribution < 1.29 is 19.1 Å². The molecule has 1 aromatic heterocycles. The molecule has 2 aromatic rings. The lowest BCUT2D eigenvalue weighted by Gasteiger charge is -2.35. The fourth-order valence-corrected chi connectivity index (χ4v) is 4.13. The number of cyclic esters (lactones) is 1. The van der Waals surface area contributed by atoms with Gasteiger partial charge in [-0.25, -0.2) is 9.59 Å². The Labute approximate surface area is 159 Å². The van der Waals surface area contributed by atoms with Gasteiger partial charge in [0, 0.05) is 17.5 Å². The Morgan fingerprint density at radius 1 is 1.22 bits per heavy atom. The van der Waals surface area contributed by atoms with Crippen LogP contribution in [0.4, 0.5) is 0 Å². The quantitative estimate of drug-likeness (QED) is 0.754. The Balaban J connectivity index is 1.80. The molecule has 5 nitrogen and oxygen atoms in total. The number of pyridine rings is 1. The Hall–Kier alpha value is -2.43. The summed E-state index contributed by atoms with van der Waals surface area (Å²) < 4.78 is 10.5. The number of esters is 2. The van der Waals surface area contributed by atoms with Crippen molar-refractivity contribution in [1.82, 2.24) is 4.98 Å². The molecule has 0 saturated carbocycles. The minimum Gasteiger partial charge on any atom is -0.463 e. The summed E-state index contributed by atoms with van der Waals surface area (Å²) in [6.07, 6.45) is 2.33. The van der Waals surface area contributed by atoms with Gasteiger partial charge in [0.05, 0.1) is 17.7 Å². The van der Waals surface area contributed by atoms with Gasteiger partial charge < -0.3 is 9.47 Å². The van der Waals surface area contributed by atoms with Crippen LogP contribution in [-0.4, -0.2) is 29.6 Å². The smallest absolute Gasteiger partial charge is 0.347 e. The SMILES string of the molecule is CC(C)(C)[C@H]1CCc2nc3ccccc3c(C(=O)O[C@@H]3CCOC3=O)c2C1. The van der Waals surface area contributed by atoms with Gasteiger partial charge in [-0.15, -0.1) is 0 Å². The lowest BCUT2D eigenvalue weighted by molar-refractivity contribution is -0.145. The van der Waals surface area contributed by atoms with E-state index in [1.54, 1.807) is 0 Å². The first kappa shape index (κ1) is 18.0. The van der Waals surface area contributed by atoms with Gasteiger partial charge in [0.15, 0.2) is 0 Å². The molecule has 2 atom stereocenters. The fourth-order valence-electron chi connectivity index (χ4n) is 4.13. The molecule has 0 amide bonds. The second-order valence-corrected chi connectivity index (χ2v) is 8.59. The highest BCUT2D eigenvalue weighted by Crippen LogP contribution is 2.39. The Bertz CT molecular complexity index is 912. The van der Waals surface area contributed by atoms with E-state index in [9.17, 15) is 9.59 Å². The van der Waals surface area contributed by atoms with Crippen LogP contribution in [0.5, 0.6) is 0 Å². The molecule has 1 saturated heterocycles. The van der Waals surface area contributed by atoms with E-state index in [4.69, 9.17) is 14.5 Å². The third kappa shape index (κ3) is 3.31. The maximum absolute atomic E-state index is 13.1. The van der Waals surface area contributed by atoms with Crippen molar-refractivity contribution in [2.75, 3.05) is 6.61 Å². The van der Waals surface area contributed by atoms with E-state index in [1.807, 2.05) is 24.3 Å². The molecular weight excluding hydrogens is 342 g/mol. The van der Waals surface area contributed by atoms with Crippen LogP contribution in [0.2, 0.25) is 0 Å². The van der Waals surface area contributed by atoms with Gasteiger partial charge in [-0.3, -0.25) is 4.98 Å². The molecular formula is C22H25NO4. The van der Waals surface area contributed by atoms with Gasteiger partial charge >= 0.3 is 11.9 Å². The van der Waals surface area contributed by atoms with Crippen molar-refractivity contribution in [3.8, 4) is 0 Å². The maximum atomic E-state index is 13.1. The summed E-state index contributed by atoms with van der Waals surface area (Å²) in [5.74, 6) is -0.428. The largest absolute Gasteiger partial charge is 0.463 e. The van der Waals surface area contributed by atoms with Crippen molar-refractivity contribution >= 4 is 22.8 Å². The molecule has 2 heterocycles. The molecule has 0 spiro atoms. The van der Waals surface area contributed by atoms with E-state index in [-0.39, 0.29) is 5.41 Å². The topological polar surface area (TPSA) is 65.5 Å². The first-order chi connectivity index (χ1) is 12.8. The molecule has 0 radical (unpaired) electrons. The van der Waals surface area contributed by atoms with Crippen LogP contribution in [-0.2, 0) is 27.1 Å². The number of ether oxygens (including phenoxy) is 2. The predicted molar refractivity (Wildman–Crippen MR) is 101 cm³/mol. The summed E-state index contributed by atoms with van der Waals surface area (Å²) in [4.78, 5) is 29.7. The van der Waals surface area contributed by atoms with Crippen LogP contribution < -0.4 is 0 Å². The van der Waals surface area contributed by atoms with E-state index >= 15 is 0 Å². The lowest BCUT2D eigenvalue weighted by Crippen LogP contribution is -2.30. The number of hydrogen-bond donors (Lipinski definition) is 0. The number of benzene rings is 1. The molecule has 1 aliphatic carbocycles. The number of aryl methyl sites for hydroxylation is 1. The number of para-hydroxylation sites is 1. The molecule has 142 valence electrons. The zero-order valence-corrected chi connectivity index (χ0v) is 16.1. The minimum absolute atomic E-state index is 0.153. The second kappa shape index (κ2) is 6.63. The standard InChI is InChI=1S/C22H25NO4/c1-22(2,3)13-8-9-17-15(12-13)19(14-6-4-5-7-16(14)23-17)21(25)27-18-10-11-26-20(18)24/h4-7,13,18H,8-12H2,1-3H3/t13-,18+/m0/s1. The van der Waals surface area contributed by atoms with Crippen molar-refractivity contribution in [3.05, 3.63) is 41.1 Å². The molecule has 0 N–H and O–H groups in total. The van der Waals surface area contributed by atoms with Crippen LogP contribution in [0.3, 0.4) is 0 Å². The van der Waals surface area contributed by atoms with Crippen molar-refractivity contribution in [2.45, 2.75) is 52.6 Å². The summed E-state index contributed by atoms with van der Waals surface area (Å²) >= 11 is 0. The van der Waals surface area contributed by atoms with Gasteiger partial charge in [0.25, 0.3) is 0 Å². The number of rotatable bonds is 2. The van der Waals surface area contributed by atoms with Gasteiger partial charge in [-0.05, 0) is 42.2 Å². The monoisotopic (exact) mass is 367 g/mol. The number of carbonyl (C=O) groups is 2. The predicted octanol–water partition coefficient (Wildman–Crippen LogP) is 3.86. The third-order valence-corrected chi connectivity index (χ3v) is 5.82. The third-order valence-electron chi connectivity index (χ3n) is 5.82. The van der Waals surface area contributed by atoms with Crippen molar-refractivity contribution in [2.24, 2.45) is 11.3 Å². The number of aromatic nitrogens is 1. The summed E-state index contributed by atoms with van der Waals surface area (Å²) in [7, 11) is 0. The molecule has 5 heteroatoms. The van der Waals surface area contributed by atoms with Gasteiger partial charge in [-0.2, -0.15) is 0 Å². The highest BCUT2D eigenvalue weighted by atomic mass is 16.6. The molecule has 1 fully saturated rings. The van der Waals surface area contributed by atoms with Gasteiger partial charge in [-0.1, -0.05) is 39.0 Å².